The molecule has 1 heterocycles. The first-order valence-electron chi connectivity index (χ1n) is 3.41. The van der Waals surface area contributed by atoms with Crippen molar-refractivity contribution >= 4 is 11.6 Å². The van der Waals surface area contributed by atoms with E-state index in [9.17, 15) is 0 Å². The SMILES string of the molecule is ClC1(c2ccncc2)CC1. The molecule has 1 aliphatic rings. The van der Waals surface area contributed by atoms with Gasteiger partial charge in [0.1, 0.15) is 0 Å². The van der Waals surface area contributed by atoms with Gasteiger partial charge in [-0.25, -0.2) is 0 Å². The van der Waals surface area contributed by atoms with E-state index in [4.69, 9.17) is 11.6 Å². The van der Waals surface area contributed by atoms with Gasteiger partial charge in [0.2, 0.25) is 0 Å². The van der Waals surface area contributed by atoms with Gasteiger partial charge in [-0.1, -0.05) is 0 Å². The van der Waals surface area contributed by atoms with Gasteiger partial charge in [-0.05, 0) is 30.5 Å². The van der Waals surface area contributed by atoms with E-state index in [1.807, 2.05) is 12.1 Å². The molecule has 0 radical (unpaired) electrons. The fourth-order valence-corrected chi connectivity index (χ4v) is 1.27. The maximum atomic E-state index is 6.14. The van der Waals surface area contributed by atoms with Crippen LogP contribution in [0.4, 0.5) is 0 Å². The molecule has 0 bridgehead atoms. The molecule has 1 aromatic rings. The second-order valence-corrected chi connectivity index (χ2v) is 3.42. The van der Waals surface area contributed by atoms with Crippen LogP contribution in [0.5, 0.6) is 0 Å². The minimum absolute atomic E-state index is 0.0249. The highest BCUT2D eigenvalue weighted by Crippen LogP contribution is 2.51. The zero-order valence-electron chi connectivity index (χ0n) is 5.55. The first-order chi connectivity index (χ1) is 4.81. The first-order valence-corrected chi connectivity index (χ1v) is 3.78. The maximum Gasteiger partial charge on any atom is 0.0697 e. The summed E-state index contributed by atoms with van der Waals surface area (Å²) in [4.78, 5) is 3.90. The summed E-state index contributed by atoms with van der Waals surface area (Å²) in [6.07, 6.45) is 5.80. The summed E-state index contributed by atoms with van der Waals surface area (Å²) in [6, 6.07) is 3.97. The van der Waals surface area contributed by atoms with Crippen LogP contribution >= 0.6 is 11.6 Å². The molecule has 0 saturated heterocycles. The van der Waals surface area contributed by atoms with Crippen molar-refractivity contribution in [2.24, 2.45) is 0 Å². The van der Waals surface area contributed by atoms with Crippen LogP contribution in [0.25, 0.3) is 0 Å². The van der Waals surface area contributed by atoms with Gasteiger partial charge in [-0.3, -0.25) is 4.98 Å². The Hall–Kier alpha value is -0.560. The van der Waals surface area contributed by atoms with E-state index in [2.05, 4.69) is 4.98 Å². The molecule has 0 spiro atoms. The Kier molecular flexibility index (Phi) is 1.21. The number of alkyl halides is 1. The average molecular weight is 154 g/mol. The molecule has 1 saturated carbocycles. The Morgan fingerprint density at radius 1 is 1.30 bits per heavy atom. The van der Waals surface area contributed by atoms with Crippen LogP contribution < -0.4 is 0 Å². The van der Waals surface area contributed by atoms with Crippen molar-refractivity contribution in [2.45, 2.75) is 17.7 Å². The van der Waals surface area contributed by atoms with Crippen molar-refractivity contribution in [1.29, 1.82) is 0 Å². The third kappa shape index (κ3) is 0.907. The Morgan fingerprint density at radius 2 is 1.90 bits per heavy atom. The van der Waals surface area contributed by atoms with E-state index in [0.717, 1.165) is 12.8 Å². The van der Waals surface area contributed by atoms with Gasteiger partial charge >= 0.3 is 0 Å². The summed E-state index contributed by atoms with van der Waals surface area (Å²) >= 11 is 6.14. The van der Waals surface area contributed by atoms with Gasteiger partial charge in [0.25, 0.3) is 0 Å². The van der Waals surface area contributed by atoms with Crippen LogP contribution in [0.3, 0.4) is 0 Å². The molecule has 2 heteroatoms. The topological polar surface area (TPSA) is 12.9 Å². The molecule has 52 valence electrons. The summed E-state index contributed by atoms with van der Waals surface area (Å²) in [5.41, 5.74) is 1.21. The number of aromatic nitrogens is 1. The second-order valence-electron chi connectivity index (χ2n) is 2.70. The van der Waals surface area contributed by atoms with Crippen LogP contribution in [-0.4, -0.2) is 4.98 Å². The van der Waals surface area contributed by atoms with Crippen LogP contribution in [0, 0.1) is 0 Å². The molecule has 0 N–H and O–H groups in total. The number of hydrogen-bond acceptors (Lipinski definition) is 1. The molecule has 10 heavy (non-hydrogen) atoms. The number of nitrogens with zero attached hydrogens (tertiary/aromatic N) is 1. The number of pyridine rings is 1. The van der Waals surface area contributed by atoms with Gasteiger partial charge in [-0.15, -0.1) is 11.6 Å². The maximum absolute atomic E-state index is 6.14. The Morgan fingerprint density at radius 3 is 2.40 bits per heavy atom. The van der Waals surface area contributed by atoms with Crippen molar-refractivity contribution in [2.75, 3.05) is 0 Å². The zero-order valence-corrected chi connectivity index (χ0v) is 6.30. The quantitative estimate of drug-likeness (QED) is 0.565. The Bertz CT molecular complexity index is 228. The highest BCUT2D eigenvalue weighted by molar-refractivity contribution is 6.25. The lowest BCUT2D eigenvalue weighted by Gasteiger charge is -2.03. The molecule has 2 rings (SSSR count). The van der Waals surface area contributed by atoms with Crippen molar-refractivity contribution in [3.63, 3.8) is 0 Å². The molecular weight excluding hydrogens is 146 g/mol. The largest absolute Gasteiger partial charge is 0.265 e. The zero-order chi connectivity index (χ0) is 7.03. The Labute approximate surface area is 65.0 Å². The van der Waals surface area contributed by atoms with Gasteiger partial charge in [0, 0.05) is 12.4 Å². The summed E-state index contributed by atoms with van der Waals surface area (Å²) < 4.78 is 0. The summed E-state index contributed by atoms with van der Waals surface area (Å²) in [5.74, 6) is 0. The number of rotatable bonds is 1. The molecule has 1 nitrogen and oxygen atoms in total. The highest BCUT2D eigenvalue weighted by Gasteiger charge is 2.41. The fraction of sp³-hybridized carbons (Fsp3) is 0.375. The third-order valence-corrected chi connectivity index (χ3v) is 2.48. The standard InChI is InChI=1S/C8H8ClN/c9-8(3-4-8)7-1-5-10-6-2-7/h1-2,5-6H,3-4H2. The molecule has 0 amide bonds. The molecule has 1 aromatic heterocycles. The van der Waals surface area contributed by atoms with Crippen LogP contribution in [-0.2, 0) is 4.87 Å². The lowest BCUT2D eigenvalue weighted by molar-refractivity contribution is 1.00. The fourth-order valence-electron chi connectivity index (χ4n) is 1.05. The first kappa shape index (κ1) is 6.17. The number of hydrogen-bond donors (Lipinski definition) is 0. The van der Waals surface area contributed by atoms with E-state index >= 15 is 0 Å². The Balaban J connectivity index is 2.35. The smallest absolute Gasteiger partial charge is 0.0697 e. The normalized spacial score (nSPS) is 20.5. The van der Waals surface area contributed by atoms with Crippen LogP contribution in [0.2, 0.25) is 0 Å². The minimum atomic E-state index is -0.0249. The highest BCUT2D eigenvalue weighted by atomic mass is 35.5. The van der Waals surface area contributed by atoms with Crippen LogP contribution in [0.1, 0.15) is 18.4 Å². The lowest BCUT2D eigenvalue weighted by Crippen LogP contribution is -1.94. The summed E-state index contributed by atoms with van der Waals surface area (Å²) in [5, 5.41) is 0. The van der Waals surface area contributed by atoms with Gasteiger partial charge in [0.15, 0.2) is 0 Å². The molecule has 1 fully saturated rings. The van der Waals surface area contributed by atoms with E-state index in [1.54, 1.807) is 12.4 Å². The van der Waals surface area contributed by atoms with E-state index in [0.29, 0.717) is 0 Å². The third-order valence-electron chi connectivity index (χ3n) is 1.89. The van der Waals surface area contributed by atoms with Gasteiger partial charge in [-0.2, -0.15) is 0 Å². The predicted octanol–water partition coefficient (Wildman–Crippen LogP) is 2.31. The summed E-state index contributed by atoms with van der Waals surface area (Å²) in [6.45, 7) is 0. The molecule has 0 aliphatic heterocycles. The molecule has 0 atom stereocenters. The second kappa shape index (κ2) is 1.96. The molecule has 0 unspecified atom stereocenters. The van der Waals surface area contributed by atoms with Crippen molar-refractivity contribution in [3.05, 3.63) is 30.1 Å². The monoisotopic (exact) mass is 153 g/mol. The van der Waals surface area contributed by atoms with E-state index in [-0.39, 0.29) is 4.87 Å². The number of halogens is 1. The van der Waals surface area contributed by atoms with Crippen molar-refractivity contribution in [1.82, 2.24) is 4.98 Å². The van der Waals surface area contributed by atoms with Crippen LogP contribution in [0.15, 0.2) is 24.5 Å². The lowest BCUT2D eigenvalue weighted by atomic mass is 10.2. The van der Waals surface area contributed by atoms with Gasteiger partial charge < -0.3 is 0 Å². The average Bonchev–Trinajstić information content (AvgIpc) is 2.72. The molecular formula is C8H8ClN. The van der Waals surface area contributed by atoms with Crippen molar-refractivity contribution in [3.8, 4) is 0 Å². The van der Waals surface area contributed by atoms with Crippen molar-refractivity contribution < 1.29 is 0 Å². The molecule has 0 aromatic carbocycles. The minimum Gasteiger partial charge on any atom is -0.265 e. The molecule has 1 aliphatic carbocycles. The van der Waals surface area contributed by atoms with E-state index in [1.165, 1.54) is 5.56 Å². The van der Waals surface area contributed by atoms with E-state index < -0.39 is 0 Å². The predicted molar refractivity (Wildman–Crippen MR) is 41.0 cm³/mol. The van der Waals surface area contributed by atoms with Gasteiger partial charge in [0.05, 0.1) is 4.87 Å². The summed E-state index contributed by atoms with van der Waals surface area (Å²) in [7, 11) is 0.